The van der Waals surface area contributed by atoms with Gasteiger partial charge >= 0.3 is 0 Å². The Balaban J connectivity index is 1.39. The van der Waals surface area contributed by atoms with E-state index in [9.17, 15) is 4.79 Å². The number of carbonyl (C=O) groups excluding carboxylic acids is 1. The predicted octanol–water partition coefficient (Wildman–Crippen LogP) is 5.30. The third-order valence-electron chi connectivity index (χ3n) is 6.31. The number of rotatable bonds is 6. The van der Waals surface area contributed by atoms with Gasteiger partial charge in [0.1, 0.15) is 5.75 Å². The molecule has 3 aromatic rings. The lowest BCUT2D eigenvalue weighted by Gasteiger charge is -2.39. The summed E-state index contributed by atoms with van der Waals surface area (Å²) in [5.41, 5.74) is 3.65. The molecular weight excluding hydrogens is 408 g/mol. The minimum atomic E-state index is -0.0326. The summed E-state index contributed by atoms with van der Waals surface area (Å²) in [4.78, 5) is 17.3. The largest absolute Gasteiger partial charge is 0.483 e. The Bertz CT molecular complexity index is 996. The highest BCUT2D eigenvalue weighted by Crippen LogP contribution is 2.31. The van der Waals surface area contributed by atoms with Crippen LogP contribution in [0.4, 0.5) is 0 Å². The Hall–Kier alpha value is -3.11. The molecule has 0 aromatic heterocycles. The number of amides is 1. The molecule has 4 nitrogen and oxygen atoms in total. The second-order valence-electron chi connectivity index (χ2n) is 9.68. The Morgan fingerprint density at radius 2 is 1.30 bits per heavy atom. The number of ether oxygens (including phenoxy) is 1. The maximum Gasteiger partial charge on any atom is 0.260 e. The van der Waals surface area contributed by atoms with Crippen molar-refractivity contribution in [2.75, 3.05) is 32.8 Å². The first-order chi connectivity index (χ1) is 15.9. The topological polar surface area (TPSA) is 32.8 Å². The van der Waals surface area contributed by atoms with Crippen molar-refractivity contribution >= 4 is 5.91 Å². The van der Waals surface area contributed by atoms with Gasteiger partial charge in [-0.25, -0.2) is 0 Å². The van der Waals surface area contributed by atoms with E-state index in [4.69, 9.17) is 4.74 Å². The molecule has 1 heterocycles. The summed E-state index contributed by atoms with van der Waals surface area (Å²) < 4.78 is 5.99. The molecule has 1 amide bonds. The van der Waals surface area contributed by atoms with E-state index in [2.05, 4.69) is 92.4 Å². The molecule has 4 heteroatoms. The average Bonchev–Trinajstić information content (AvgIpc) is 2.84. The van der Waals surface area contributed by atoms with Crippen LogP contribution in [0, 0.1) is 0 Å². The maximum atomic E-state index is 12.9. The van der Waals surface area contributed by atoms with Crippen LogP contribution in [-0.2, 0) is 10.2 Å². The van der Waals surface area contributed by atoms with Crippen LogP contribution in [0.1, 0.15) is 43.5 Å². The van der Waals surface area contributed by atoms with E-state index >= 15 is 0 Å². The van der Waals surface area contributed by atoms with Gasteiger partial charge in [-0.15, -0.1) is 0 Å². The van der Waals surface area contributed by atoms with Crippen LogP contribution in [0.25, 0.3) is 0 Å². The molecule has 33 heavy (non-hydrogen) atoms. The van der Waals surface area contributed by atoms with Crippen LogP contribution in [0.5, 0.6) is 5.75 Å². The summed E-state index contributed by atoms with van der Waals surface area (Å²) in [7, 11) is 0. The molecule has 4 rings (SSSR count). The molecule has 172 valence electrons. The molecule has 1 saturated heterocycles. The van der Waals surface area contributed by atoms with Gasteiger partial charge in [0.15, 0.2) is 6.61 Å². The van der Waals surface area contributed by atoms with E-state index in [1.54, 1.807) is 0 Å². The lowest BCUT2D eigenvalue weighted by Crippen LogP contribution is -2.51. The van der Waals surface area contributed by atoms with E-state index in [0.29, 0.717) is 13.1 Å². The zero-order chi connectivity index (χ0) is 23.3. The molecule has 1 fully saturated rings. The van der Waals surface area contributed by atoms with Crippen LogP contribution >= 0.6 is 0 Å². The Labute approximate surface area is 197 Å². The van der Waals surface area contributed by atoms with Gasteiger partial charge in [0.2, 0.25) is 0 Å². The zero-order valence-corrected chi connectivity index (χ0v) is 19.9. The third kappa shape index (κ3) is 5.63. The highest BCUT2D eigenvalue weighted by Gasteiger charge is 2.28. The fraction of sp³-hybridized carbons (Fsp3) is 0.345. The van der Waals surface area contributed by atoms with Gasteiger partial charge in [-0.2, -0.15) is 0 Å². The first-order valence-corrected chi connectivity index (χ1v) is 11.8. The third-order valence-corrected chi connectivity index (χ3v) is 6.31. The number of hydrogen-bond acceptors (Lipinski definition) is 3. The lowest BCUT2D eigenvalue weighted by molar-refractivity contribution is -0.135. The van der Waals surface area contributed by atoms with E-state index in [1.165, 1.54) is 11.1 Å². The first-order valence-electron chi connectivity index (χ1n) is 11.8. The van der Waals surface area contributed by atoms with Gasteiger partial charge in [-0.3, -0.25) is 9.69 Å². The maximum absolute atomic E-state index is 12.9. The van der Waals surface area contributed by atoms with Gasteiger partial charge < -0.3 is 9.64 Å². The van der Waals surface area contributed by atoms with Crippen LogP contribution in [0.2, 0.25) is 0 Å². The Morgan fingerprint density at radius 3 is 1.85 bits per heavy atom. The fourth-order valence-corrected chi connectivity index (χ4v) is 4.56. The van der Waals surface area contributed by atoms with Crippen molar-refractivity contribution in [3.8, 4) is 5.75 Å². The molecule has 1 aliphatic heterocycles. The predicted molar refractivity (Wildman–Crippen MR) is 134 cm³/mol. The molecule has 0 saturated carbocycles. The van der Waals surface area contributed by atoms with Crippen LogP contribution in [0.3, 0.4) is 0 Å². The van der Waals surface area contributed by atoms with Crippen molar-refractivity contribution in [2.45, 2.75) is 32.2 Å². The molecule has 0 unspecified atom stereocenters. The number of piperazine rings is 1. The average molecular weight is 443 g/mol. The van der Waals surface area contributed by atoms with Gasteiger partial charge in [-0.05, 0) is 28.2 Å². The van der Waals surface area contributed by atoms with Crippen LogP contribution in [-0.4, -0.2) is 48.5 Å². The van der Waals surface area contributed by atoms with Crippen molar-refractivity contribution in [1.29, 1.82) is 0 Å². The summed E-state index contributed by atoms with van der Waals surface area (Å²) in [5.74, 6) is 0.847. The zero-order valence-electron chi connectivity index (χ0n) is 19.9. The molecular formula is C29H34N2O2. The number of para-hydroxylation sites is 1. The normalized spacial score (nSPS) is 15.0. The van der Waals surface area contributed by atoms with Crippen molar-refractivity contribution in [1.82, 2.24) is 9.80 Å². The molecule has 0 spiro atoms. The smallest absolute Gasteiger partial charge is 0.260 e. The minimum Gasteiger partial charge on any atom is -0.483 e. The standard InChI is InChI=1S/C29H34N2O2/c1-29(2,3)25-16-10-11-17-26(25)33-22-27(32)30-18-20-31(21-19-30)28(23-12-6-4-7-13-23)24-14-8-5-9-15-24/h4-17,28H,18-22H2,1-3H3. The van der Waals surface area contributed by atoms with E-state index in [-0.39, 0.29) is 24.0 Å². The Kier molecular flexibility index (Phi) is 7.14. The van der Waals surface area contributed by atoms with Gasteiger partial charge in [0.05, 0.1) is 6.04 Å². The molecule has 1 aliphatic rings. The first kappa shape index (κ1) is 23.1. The number of hydrogen-bond donors (Lipinski definition) is 0. The number of benzene rings is 3. The summed E-state index contributed by atoms with van der Waals surface area (Å²) in [6.07, 6.45) is 0. The van der Waals surface area contributed by atoms with Gasteiger partial charge in [0, 0.05) is 26.2 Å². The quantitative estimate of drug-likeness (QED) is 0.520. The molecule has 0 radical (unpaired) electrons. The molecule has 0 aliphatic carbocycles. The minimum absolute atomic E-state index is 0.0326. The molecule has 0 bridgehead atoms. The van der Waals surface area contributed by atoms with Crippen LogP contribution < -0.4 is 4.74 Å². The summed E-state index contributed by atoms with van der Waals surface area (Å²) >= 11 is 0. The van der Waals surface area contributed by atoms with Crippen LogP contribution in [0.15, 0.2) is 84.9 Å². The van der Waals surface area contributed by atoms with Crippen molar-refractivity contribution in [3.63, 3.8) is 0 Å². The van der Waals surface area contributed by atoms with E-state index in [0.717, 1.165) is 24.4 Å². The van der Waals surface area contributed by atoms with Crippen molar-refractivity contribution in [3.05, 3.63) is 102 Å². The molecule has 0 atom stereocenters. The Morgan fingerprint density at radius 1 is 0.788 bits per heavy atom. The summed E-state index contributed by atoms with van der Waals surface area (Å²) in [5, 5.41) is 0. The van der Waals surface area contributed by atoms with E-state index < -0.39 is 0 Å². The highest BCUT2D eigenvalue weighted by atomic mass is 16.5. The second kappa shape index (κ2) is 10.2. The van der Waals surface area contributed by atoms with Gasteiger partial charge in [-0.1, -0.05) is 99.6 Å². The number of carbonyl (C=O) groups is 1. The molecule has 0 N–H and O–H groups in total. The fourth-order valence-electron chi connectivity index (χ4n) is 4.56. The van der Waals surface area contributed by atoms with E-state index in [1.807, 2.05) is 23.1 Å². The highest BCUT2D eigenvalue weighted by molar-refractivity contribution is 5.78. The van der Waals surface area contributed by atoms with Crippen molar-refractivity contribution < 1.29 is 9.53 Å². The monoisotopic (exact) mass is 442 g/mol. The summed E-state index contributed by atoms with van der Waals surface area (Å²) in [6, 6.07) is 29.5. The summed E-state index contributed by atoms with van der Waals surface area (Å²) in [6.45, 7) is 9.63. The lowest BCUT2D eigenvalue weighted by atomic mass is 9.86. The van der Waals surface area contributed by atoms with Crippen molar-refractivity contribution in [2.24, 2.45) is 0 Å². The number of nitrogens with zero attached hydrogens (tertiary/aromatic N) is 2. The SMILES string of the molecule is CC(C)(C)c1ccccc1OCC(=O)N1CCN(C(c2ccccc2)c2ccccc2)CC1. The second-order valence-corrected chi connectivity index (χ2v) is 9.68. The molecule has 3 aromatic carbocycles. The van der Waals surface area contributed by atoms with Gasteiger partial charge in [0.25, 0.3) is 5.91 Å².